The van der Waals surface area contributed by atoms with Gasteiger partial charge in [-0.05, 0) is 62.2 Å². The molecule has 1 fully saturated rings. The van der Waals surface area contributed by atoms with Gasteiger partial charge in [-0.25, -0.2) is 9.78 Å². The van der Waals surface area contributed by atoms with Gasteiger partial charge in [-0.15, -0.1) is 0 Å². The third-order valence-electron chi connectivity index (χ3n) is 3.72. The number of carbonyl (C=O) groups is 2. The second-order valence-electron chi connectivity index (χ2n) is 7.12. The third-order valence-corrected chi connectivity index (χ3v) is 4.33. The fourth-order valence-electron chi connectivity index (χ4n) is 2.58. The Kier molecular flexibility index (Phi) is 5.52. The van der Waals surface area contributed by atoms with Crippen molar-refractivity contribution in [3.63, 3.8) is 0 Å². The van der Waals surface area contributed by atoms with E-state index >= 15 is 0 Å². The lowest BCUT2D eigenvalue weighted by molar-refractivity contribution is 0.00604. The minimum atomic E-state index is -0.524. The van der Waals surface area contributed by atoms with Crippen molar-refractivity contribution in [2.24, 2.45) is 0 Å². The Balaban J connectivity index is 2.05. The number of carbonyl (C=O) groups excluding carboxylic acids is 2. The number of aromatic nitrogens is 1. The number of amides is 2. The molecule has 0 unspecified atom stereocenters. The quantitative estimate of drug-likeness (QED) is 0.729. The molecule has 1 saturated heterocycles. The lowest BCUT2D eigenvalue weighted by atomic mass is 10.1. The van der Waals surface area contributed by atoms with Crippen LogP contribution in [0.2, 0.25) is 0 Å². The second-order valence-corrected chi connectivity index (χ2v) is 7.97. The van der Waals surface area contributed by atoms with Gasteiger partial charge < -0.3 is 14.5 Å². The molecule has 2 heterocycles. The highest BCUT2D eigenvalue weighted by molar-refractivity contribution is 9.10. The van der Waals surface area contributed by atoms with Crippen molar-refractivity contribution in [3.8, 4) is 0 Å². The van der Waals surface area contributed by atoms with E-state index in [9.17, 15) is 9.59 Å². The van der Waals surface area contributed by atoms with Gasteiger partial charge in [0.05, 0.1) is 0 Å². The molecule has 0 saturated carbocycles. The second kappa shape index (κ2) is 7.09. The van der Waals surface area contributed by atoms with Crippen molar-refractivity contribution in [2.45, 2.75) is 46.3 Å². The maximum atomic E-state index is 12.7. The number of hydrogen-bond acceptors (Lipinski definition) is 4. The SMILES string of the molecule is Cc1cnc(C(=O)N2CCN(C(=O)OC(C)(C)C)C[C@H]2C)c(Br)c1. The fourth-order valence-corrected chi connectivity index (χ4v) is 3.21. The van der Waals surface area contributed by atoms with Crippen LogP contribution in [-0.2, 0) is 4.74 Å². The van der Waals surface area contributed by atoms with Crippen LogP contribution in [0.25, 0.3) is 0 Å². The maximum Gasteiger partial charge on any atom is 0.410 e. The van der Waals surface area contributed by atoms with Crippen LogP contribution in [0.1, 0.15) is 43.7 Å². The summed E-state index contributed by atoms with van der Waals surface area (Å²) in [6, 6.07) is 1.77. The first-order valence-electron chi connectivity index (χ1n) is 7.99. The molecule has 1 aliphatic heterocycles. The van der Waals surface area contributed by atoms with Crippen molar-refractivity contribution in [1.29, 1.82) is 0 Å². The maximum absolute atomic E-state index is 12.7. The first kappa shape index (κ1) is 18.7. The first-order chi connectivity index (χ1) is 11.1. The van der Waals surface area contributed by atoms with Gasteiger partial charge in [0, 0.05) is 36.3 Å². The van der Waals surface area contributed by atoms with E-state index in [2.05, 4.69) is 20.9 Å². The zero-order valence-electron chi connectivity index (χ0n) is 14.8. The molecular formula is C17H24BrN3O3. The van der Waals surface area contributed by atoms with E-state index in [1.165, 1.54) is 0 Å². The number of pyridine rings is 1. The van der Waals surface area contributed by atoms with Crippen molar-refractivity contribution in [3.05, 3.63) is 28.0 Å². The van der Waals surface area contributed by atoms with E-state index in [-0.39, 0.29) is 18.0 Å². The van der Waals surface area contributed by atoms with Gasteiger partial charge in [-0.2, -0.15) is 0 Å². The summed E-state index contributed by atoms with van der Waals surface area (Å²) in [5.41, 5.74) is 0.864. The summed E-state index contributed by atoms with van der Waals surface area (Å²) >= 11 is 3.41. The zero-order chi connectivity index (χ0) is 18.1. The summed E-state index contributed by atoms with van der Waals surface area (Å²) in [5, 5.41) is 0. The van der Waals surface area contributed by atoms with Crippen molar-refractivity contribution < 1.29 is 14.3 Å². The Morgan fingerprint density at radius 1 is 1.33 bits per heavy atom. The molecule has 1 aromatic heterocycles. The Bertz CT molecular complexity index is 642. The Hall–Kier alpha value is -1.63. The number of rotatable bonds is 1. The highest BCUT2D eigenvalue weighted by Gasteiger charge is 2.33. The summed E-state index contributed by atoms with van der Waals surface area (Å²) in [7, 11) is 0. The van der Waals surface area contributed by atoms with E-state index in [1.54, 1.807) is 16.0 Å². The average molecular weight is 398 g/mol. The predicted molar refractivity (Wildman–Crippen MR) is 95.0 cm³/mol. The van der Waals surface area contributed by atoms with Gasteiger partial charge in [0.1, 0.15) is 11.3 Å². The van der Waals surface area contributed by atoms with Crippen LogP contribution in [0.3, 0.4) is 0 Å². The Morgan fingerprint density at radius 3 is 2.54 bits per heavy atom. The van der Waals surface area contributed by atoms with Crippen LogP contribution < -0.4 is 0 Å². The Morgan fingerprint density at radius 2 is 2.00 bits per heavy atom. The lowest BCUT2D eigenvalue weighted by Gasteiger charge is -2.40. The molecule has 0 aromatic carbocycles. The minimum Gasteiger partial charge on any atom is -0.444 e. The molecule has 0 N–H and O–H groups in total. The molecule has 1 aliphatic rings. The molecule has 0 radical (unpaired) electrons. The zero-order valence-corrected chi connectivity index (χ0v) is 16.4. The number of hydrogen-bond donors (Lipinski definition) is 0. The van der Waals surface area contributed by atoms with Gasteiger partial charge in [-0.1, -0.05) is 0 Å². The van der Waals surface area contributed by atoms with Crippen LogP contribution in [-0.4, -0.2) is 58.1 Å². The molecule has 2 amide bonds. The van der Waals surface area contributed by atoms with E-state index in [4.69, 9.17) is 4.74 Å². The average Bonchev–Trinajstić information content (AvgIpc) is 2.44. The van der Waals surface area contributed by atoms with E-state index in [0.717, 1.165) is 5.56 Å². The molecule has 1 aromatic rings. The summed E-state index contributed by atoms with van der Waals surface area (Å²) in [4.78, 5) is 32.6. The molecule has 24 heavy (non-hydrogen) atoms. The van der Waals surface area contributed by atoms with Crippen molar-refractivity contribution in [1.82, 2.24) is 14.8 Å². The number of halogens is 1. The molecule has 6 nitrogen and oxygen atoms in total. The predicted octanol–water partition coefficient (Wildman–Crippen LogP) is 3.23. The van der Waals surface area contributed by atoms with Crippen molar-refractivity contribution >= 4 is 27.9 Å². The van der Waals surface area contributed by atoms with Crippen LogP contribution in [0, 0.1) is 6.92 Å². The molecule has 0 aliphatic carbocycles. The Labute approximate surface area is 151 Å². The summed E-state index contributed by atoms with van der Waals surface area (Å²) in [6.45, 7) is 10.7. The van der Waals surface area contributed by atoms with Crippen LogP contribution in [0.5, 0.6) is 0 Å². The van der Waals surface area contributed by atoms with E-state index in [0.29, 0.717) is 29.8 Å². The largest absolute Gasteiger partial charge is 0.444 e. The van der Waals surface area contributed by atoms with E-state index < -0.39 is 5.60 Å². The van der Waals surface area contributed by atoms with Gasteiger partial charge in [0.2, 0.25) is 0 Å². The van der Waals surface area contributed by atoms with Crippen LogP contribution >= 0.6 is 15.9 Å². The standard InChI is InChI=1S/C17H24BrN3O3/c1-11-8-13(18)14(19-9-11)15(22)21-7-6-20(10-12(21)2)16(23)24-17(3,4)5/h8-9,12H,6-7,10H2,1-5H3/t12-/m1/s1. The topological polar surface area (TPSA) is 62.7 Å². The normalized spacial score (nSPS) is 18.5. The van der Waals surface area contributed by atoms with Crippen LogP contribution in [0.15, 0.2) is 16.7 Å². The molecule has 7 heteroatoms. The smallest absolute Gasteiger partial charge is 0.410 e. The lowest BCUT2D eigenvalue weighted by Crippen LogP contribution is -2.56. The highest BCUT2D eigenvalue weighted by Crippen LogP contribution is 2.21. The van der Waals surface area contributed by atoms with Crippen LogP contribution in [0.4, 0.5) is 4.79 Å². The molecule has 132 valence electrons. The monoisotopic (exact) mass is 397 g/mol. The summed E-state index contributed by atoms with van der Waals surface area (Å²) < 4.78 is 6.09. The molecule has 2 rings (SSSR count). The molecule has 0 bridgehead atoms. The fraction of sp³-hybridized carbons (Fsp3) is 0.588. The molecule has 1 atom stereocenters. The number of piperazine rings is 1. The third kappa shape index (κ3) is 4.47. The number of nitrogens with zero attached hydrogens (tertiary/aromatic N) is 3. The van der Waals surface area contributed by atoms with Crippen molar-refractivity contribution in [2.75, 3.05) is 19.6 Å². The summed E-state index contributed by atoms with van der Waals surface area (Å²) in [6.07, 6.45) is 1.34. The minimum absolute atomic E-state index is 0.103. The van der Waals surface area contributed by atoms with Gasteiger partial charge >= 0.3 is 6.09 Å². The number of ether oxygens (including phenoxy) is 1. The van der Waals surface area contributed by atoms with Gasteiger partial charge in [-0.3, -0.25) is 4.79 Å². The molecular weight excluding hydrogens is 374 g/mol. The highest BCUT2D eigenvalue weighted by atomic mass is 79.9. The number of aryl methyl sites for hydroxylation is 1. The van der Waals surface area contributed by atoms with Gasteiger partial charge in [0.15, 0.2) is 0 Å². The van der Waals surface area contributed by atoms with E-state index in [1.807, 2.05) is 40.7 Å². The molecule has 0 spiro atoms. The first-order valence-corrected chi connectivity index (χ1v) is 8.79. The summed E-state index contributed by atoms with van der Waals surface area (Å²) in [5.74, 6) is -0.127. The van der Waals surface area contributed by atoms with Gasteiger partial charge in [0.25, 0.3) is 5.91 Å².